The van der Waals surface area contributed by atoms with Gasteiger partial charge in [-0.25, -0.2) is 18.0 Å². The summed E-state index contributed by atoms with van der Waals surface area (Å²) in [6.45, 7) is 5.44. The van der Waals surface area contributed by atoms with E-state index in [2.05, 4.69) is 16.8 Å². The molecule has 0 aromatic heterocycles. The molecule has 0 aliphatic heterocycles. The number of halogens is 3. The Morgan fingerprint density at radius 1 is 0.911 bits per heavy atom. The molecule has 10 nitrogen and oxygen atoms in total. The molecule has 0 heterocycles. The first-order valence-electron chi connectivity index (χ1n) is 13.2. The Hall–Kier alpha value is -3.56. The fourth-order valence-corrected chi connectivity index (χ4v) is 4.48. The van der Waals surface area contributed by atoms with Gasteiger partial charge in [-0.05, 0) is 92.8 Å². The SMILES string of the molecule is C=CC(=O)OCCCCCCOc1ccc(C(=O)Oc2ccc(N=Nc3ccc(C)c(S(=O)(=O)[O-])c3)cc2C(F)(F)F)cc1.[Na+]. The fourth-order valence-electron chi connectivity index (χ4n) is 3.75. The number of ether oxygens (including phenoxy) is 3. The minimum absolute atomic E-state index is 0. The molecule has 234 valence electrons. The monoisotopic (exact) mass is 656 g/mol. The third-order valence-electron chi connectivity index (χ3n) is 6.00. The van der Waals surface area contributed by atoms with Crippen LogP contribution in [0.2, 0.25) is 0 Å². The molecule has 3 aromatic carbocycles. The van der Waals surface area contributed by atoms with E-state index >= 15 is 0 Å². The molecule has 0 spiro atoms. The van der Waals surface area contributed by atoms with Crippen LogP contribution in [0.25, 0.3) is 0 Å². The Morgan fingerprint density at radius 2 is 1.51 bits per heavy atom. The number of nitrogens with zero attached hydrogens (tertiary/aromatic N) is 2. The van der Waals surface area contributed by atoms with Gasteiger partial charge in [0.05, 0.1) is 35.0 Å². The van der Waals surface area contributed by atoms with Gasteiger partial charge < -0.3 is 18.8 Å². The maximum absolute atomic E-state index is 13.8. The summed E-state index contributed by atoms with van der Waals surface area (Å²) in [5.74, 6) is -1.78. The van der Waals surface area contributed by atoms with E-state index in [4.69, 9.17) is 14.2 Å². The Balaban J connectivity index is 0.00000705. The molecular weight excluding hydrogens is 628 g/mol. The molecule has 0 N–H and O–H groups in total. The second-order valence-electron chi connectivity index (χ2n) is 9.33. The molecule has 3 aromatic rings. The van der Waals surface area contributed by atoms with E-state index in [1.807, 2.05) is 0 Å². The Kier molecular flexibility index (Phi) is 14.4. The Labute approximate surface area is 280 Å². The number of esters is 2. The van der Waals surface area contributed by atoms with Gasteiger partial charge in [-0.15, -0.1) is 0 Å². The van der Waals surface area contributed by atoms with E-state index < -0.39 is 44.4 Å². The van der Waals surface area contributed by atoms with Crippen LogP contribution in [0.4, 0.5) is 24.5 Å². The molecule has 0 aliphatic carbocycles. The molecule has 0 bridgehead atoms. The van der Waals surface area contributed by atoms with Crippen LogP contribution < -0.4 is 39.0 Å². The quantitative estimate of drug-likeness (QED) is 0.0477. The number of aryl methyl sites for hydroxylation is 1. The standard InChI is InChI=1S/C30H29F3N2O8S.Na/c1-3-28(36)42-17-7-5-4-6-16-41-24-13-9-21(10-14-24)29(37)43-26-15-12-22(18-25(26)30(31,32)33)34-35-23-11-8-20(2)27(19-23)44(38,39)40;/h3,8-15,18-19H,1,4-7,16-17H2,2H3,(H,38,39,40);/q;+1/p-1. The van der Waals surface area contributed by atoms with Crippen LogP contribution in [0.1, 0.15) is 47.2 Å². The Morgan fingerprint density at radius 3 is 2.11 bits per heavy atom. The van der Waals surface area contributed by atoms with Gasteiger partial charge in [-0.2, -0.15) is 23.4 Å². The normalized spacial score (nSPS) is 11.5. The zero-order valence-corrected chi connectivity index (χ0v) is 27.3. The molecule has 0 saturated heterocycles. The molecular formula is C30H28F3N2NaO8S. The topological polar surface area (TPSA) is 144 Å². The van der Waals surface area contributed by atoms with Crippen molar-refractivity contribution in [3.63, 3.8) is 0 Å². The van der Waals surface area contributed by atoms with Crippen molar-refractivity contribution in [2.45, 2.75) is 43.7 Å². The minimum Gasteiger partial charge on any atom is -0.744 e. The fraction of sp³-hybridized carbons (Fsp3) is 0.267. The van der Waals surface area contributed by atoms with Crippen LogP contribution in [0, 0.1) is 6.92 Å². The summed E-state index contributed by atoms with van der Waals surface area (Å²) in [6, 6.07) is 12.0. The van der Waals surface area contributed by atoms with Gasteiger partial charge in [0.25, 0.3) is 0 Å². The van der Waals surface area contributed by atoms with Gasteiger partial charge in [-0.3, -0.25) is 0 Å². The molecule has 3 rings (SSSR count). The number of unbranched alkanes of at least 4 members (excludes halogenated alkanes) is 3. The van der Waals surface area contributed by atoms with E-state index in [0.717, 1.165) is 43.5 Å². The number of rotatable bonds is 14. The number of carbonyl (C=O) groups excluding carboxylic acids is 2. The molecule has 15 heteroatoms. The summed E-state index contributed by atoms with van der Waals surface area (Å²) in [6.07, 6.45) is -0.675. The van der Waals surface area contributed by atoms with E-state index in [-0.39, 0.29) is 52.1 Å². The minimum atomic E-state index is -4.91. The second kappa shape index (κ2) is 17.2. The maximum atomic E-state index is 13.8. The molecule has 0 unspecified atom stereocenters. The number of hydrogen-bond donors (Lipinski definition) is 0. The predicted octanol–water partition coefficient (Wildman–Crippen LogP) is 4.22. The number of benzene rings is 3. The van der Waals surface area contributed by atoms with Gasteiger partial charge in [0, 0.05) is 6.08 Å². The molecule has 0 amide bonds. The van der Waals surface area contributed by atoms with Gasteiger partial charge >= 0.3 is 47.7 Å². The molecule has 0 fully saturated rings. The van der Waals surface area contributed by atoms with Crippen LogP contribution in [0.5, 0.6) is 11.5 Å². The summed E-state index contributed by atoms with van der Waals surface area (Å²) in [7, 11) is -4.79. The number of hydrogen-bond acceptors (Lipinski definition) is 10. The first-order chi connectivity index (χ1) is 20.8. The predicted molar refractivity (Wildman–Crippen MR) is 151 cm³/mol. The van der Waals surface area contributed by atoms with Crippen molar-refractivity contribution in [1.82, 2.24) is 0 Å². The van der Waals surface area contributed by atoms with Crippen molar-refractivity contribution >= 4 is 33.4 Å². The average Bonchev–Trinajstić information content (AvgIpc) is 2.97. The first kappa shape index (κ1) is 37.6. The van der Waals surface area contributed by atoms with Crippen molar-refractivity contribution in [1.29, 1.82) is 0 Å². The van der Waals surface area contributed by atoms with E-state index in [1.54, 1.807) is 0 Å². The largest absolute Gasteiger partial charge is 1.00 e. The Bertz CT molecular complexity index is 1630. The average molecular weight is 657 g/mol. The third kappa shape index (κ3) is 12.0. The summed E-state index contributed by atoms with van der Waals surface area (Å²) in [5, 5.41) is 7.43. The zero-order chi connectivity index (χ0) is 32.3. The molecule has 0 saturated carbocycles. The van der Waals surface area contributed by atoms with Crippen molar-refractivity contribution < 1.29 is 79.5 Å². The molecule has 45 heavy (non-hydrogen) atoms. The second-order valence-corrected chi connectivity index (χ2v) is 10.7. The summed E-state index contributed by atoms with van der Waals surface area (Å²) < 4.78 is 91.1. The zero-order valence-electron chi connectivity index (χ0n) is 24.5. The van der Waals surface area contributed by atoms with Gasteiger partial charge in [-0.1, -0.05) is 12.6 Å². The van der Waals surface area contributed by atoms with Crippen molar-refractivity contribution in [3.8, 4) is 11.5 Å². The van der Waals surface area contributed by atoms with Gasteiger partial charge in [0.15, 0.2) is 0 Å². The van der Waals surface area contributed by atoms with Gasteiger partial charge in [0.1, 0.15) is 27.2 Å². The van der Waals surface area contributed by atoms with Crippen LogP contribution in [0.15, 0.2) is 88.4 Å². The van der Waals surface area contributed by atoms with Crippen LogP contribution in [-0.4, -0.2) is 38.1 Å². The molecule has 0 radical (unpaired) electrons. The van der Waals surface area contributed by atoms with Crippen molar-refractivity contribution in [3.05, 3.63) is 90.0 Å². The molecule has 0 aliphatic rings. The first-order valence-corrected chi connectivity index (χ1v) is 14.6. The van der Waals surface area contributed by atoms with Crippen LogP contribution in [0.3, 0.4) is 0 Å². The van der Waals surface area contributed by atoms with Crippen molar-refractivity contribution in [2.24, 2.45) is 10.2 Å². The number of carbonyl (C=O) groups is 2. The summed E-state index contributed by atoms with van der Waals surface area (Å²) >= 11 is 0. The van der Waals surface area contributed by atoms with E-state index in [1.165, 1.54) is 43.3 Å². The number of alkyl halides is 3. The van der Waals surface area contributed by atoms with Crippen LogP contribution >= 0.6 is 0 Å². The van der Waals surface area contributed by atoms with Gasteiger partial charge in [0.2, 0.25) is 0 Å². The molecule has 0 atom stereocenters. The van der Waals surface area contributed by atoms with E-state index in [9.17, 15) is 35.7 Å². The third-order valence-corrected chi connectivity index (χ3v) is 6.98. The smallest absolute Gasteiger partial charge is 0.744 e. The van der Waals surface area contributed by atoms with E-state index in [0.29, 0.717) is 31.5 Å². The van der Waals surface area contributed by atoms with Crippen molar-refractivity contribution in [2.75, 3.05) is 13.2 Å². The maximum Gasteiger partial charge on any atom is 1.00 e. The number of azo groups is 1. The summed E-state index contributed by atoms with van der Waals surface area (Å²) in [5.41, 5.74) is -1.44. The van der Waals surface area contributed by atoms with Crippen LogP contribution in [-0.2, 0) is 25.8 Å². The summed E-state index contributed by atoms with van der Waals surface area (Å²) in [4.78, 5) is 23.0.